The van der Waals surface area contributed by atoms with Crippen molar-refractivity contribution in [3.05, 3.63) is 0 Å². The number of aliphatic hydroxyl groups excluding tert-OH is 1. The zero-order chi connectivity index (χ0) is 8.27. The van der Waals surface area contributed by atoms with Gasteiger partial charge < -0.3 is 5.11 Å². The Morgan fingerprint density at radius 3 is 2.64 bits per heavy atom. The van der Waals surface area contributed by atoms with Crippen molar-refractivity contribution in [3.8, 4) is 0 Å². The third-order valence-electron chi connectivity index (χ3n) is 2.65. The van der Waals surface area contributed by atoms with Gasteiger partial charge in [0, 0.05) is 11.9 Å². The Morgan fingerprint density at radius 1 is 1.45 bits per heavy atom. The van der Waals surface area contributed by atoms with Crippen molar-refractivity contribution in [2.24, 2.45) is 11.8 Å². The maximum atomic E-state index is 8.69. The Balaban J connectivity index is 2.29. The number of hydrogen-bond donors (Lipinski definition) is 1. The van der Waals surface area contributed by atoms with Crippen LogP contribution in [0.25, 0.3) is 0 Å². The van der Waals surface area contributed by atoms with Crippen molar-refractivity contribution in [3.63, 3.8) is 0 Å². The molecule has 1 fully saturated rings. The van der Waals surface area contributed by atoms with Crippen LogP contribution in [-0.4, -0.2) is 22.7 Å². The largest absolute Gasteiger partial charge is 0.396 e. The van der Waals surface area contributed by atoms with E-state index in [9.17, 15) is 0 Å². The van der Waals surface area contributed by atoms with Gasteiger partial charge in [0.2, 0.25) is 0 Å². The van der Waals surface area contributed by atoms with Crippen molar-refractivity contribution in [1.29, 1.82) is 0 Å². The molecule has 1 heterocycles. The molecule has 3 atom stereocenters. The van der Waals surface area contributed by atoms with Crippen molar-refractivity contribution >= 4 is 11.8 Å². The fraction of sp³-hybridized carbons (Fsp3) is 1.00. The predicted octanol–water partition coefficient (Wildman–Crippen LogP) is 2.15. The smallest absolute Gasteiger partial charge is 0.0431 e. The molecular weight excluding hydrogens is 156 g/mol. The van der Waals surface area contributed by atoms with E-state index in [0.29, 0.717) is 6.61 Å². The number of hydrogen-bond acceptors (Lipinski definition) is 2. The van der Waals surface area contributed by atoms with Gasteiger partial charge in [-0.05, 0) is 30.4 Å². The lowest BCUT2D eigenvalue weighted by Crippen LogP contribution is -2.14. The van der Waals surface area contributed by atoms with Gasteiger partial charge in [0.1, 0.15) is 0 Å². The van der Waals surface area contributed by atoms with Gasteiger partial charge in [-0.15, -0.1) is 0 Å². The lowest BCUT2D eigenvalue weighted by Gasteiger charge is -2.17. The lowest BCUT2D eigenvalue weighted by molar-refractivity contribution is 0.260. The van der Waals surface area contributed by atoms with Gasteiger partial charge >= 0.3 is 0 Å². The second-order valence-corrected chi connectivity index (χ2v) is 4.96. The van der Waals surface area contributed by atoms with E-state index in [1.54, 1.807) is 0 Å². The minimum atomic E-state index is 0.362. The summed E-state index contributed by atoms with van der Waals surface area (Å²) in [6, 6.07) is 0. The summed E-state index contributed by atoms with van der Waals surface area (Å²) in [5.41, 5.74) is 0. The van der Waals surface area contributed by atoms with Crippen LogP contribution in [-0.2, 0) is 0 Å². The van der Waals surface area contributed by atoms with E-state index in [2.05, 4.69) is 25.6 Å². The third kappa shape index (κ3) is 2.38. The molecule has 0 radical (unpaired) electrons. The second kappa shape index (κ2) is 4.36. The van der Waals surface area contributed by atoms with E-state index in [-0.39, 0.29) is 0 Å². The number of aliphatic hydroxyl groups is 1. The molecule has 0 aliphatic carbocycles. The van der Waals surface area contributed by atoms with Crippen LogP contribution < -0.4 is 0 Å². The van der Waals surface area contributed by atoms with Crippen molar-refractivity contribution < 1.29 is 5.11 Å². The summed E-state index contributed by atoms with van der Waals surface area (Å²) >= 11 is 2.08. The molecule has 0 spiro atoms. The second-order valence-electron chi connectivity index (χ2n) is 3.55. The summed E-state index contributed by atoms with van der Waals surface area (Å²) in [6.07, 6.45) is 2.20. The zero-order valence-electron chi connectivity index (χ0n) is 7.42. The van der Waals surface area contributed by atoms with Crippen LogP contribution >= 0.6 is 11.8 Å². The quantitative estimate of drug-likeness (QED) is 0.707. The molecule has 1 aliphatic rings. The van der Waals surface area contributed by atoms with Gasteiger partial charge in [0.15, 0.2) is 0 Å². The lowest BCUT2D eigenvalue weighted by atomic mass is 9.89. The Morgan fingerprint density at radius 2 is 2.18 bits per heavy atom. The average molecular weight is 174 g/mol. The van der Waals surface area contributed by atoms with Crippen LogP contribution in [0.1, 0.15) is 26.7 Å². The molecule has 0 aromatic rings. The standard InChI is InChI=1S/C9H18OS/c1-7-6-11-8(2)9(7)4-3-5-10/h7-10H,3-6H2,1-2H3. The Hall–Kier alpha value is 0.310. The van der Waals surface area contributed by atoms with E-state index < -0.39 is 0 Å². The van der Waals surface area contributed by atoms with Gasteiger partial charge in [-0.2, -0.15) is 11.8 Å². The van der Waals surface area contributed by atoms with Crippen molar-refractivity contribution in [1.82, 2.24) is 0 Å². The van der Waals surface area contributed by atoms with E-state index in [1.807, 2.05) is 0 Å². The minimum Gasteiger partial charge on any atom is -0.396 e. The normalized spacial score (nSPS) is 37.9. The number of thioether (sulfide) groups is 1. The third-order valence-corrected chi connectivity index (χ3v) is 4.25. The molecule has 1 rings (SSSR count). The highest BCUT2D eigenvalue weighted by Gasteiger charge is 2.29. The number of rotatable bonds is 3. The molecule has 66 valence electrons. The highest BCUT2D eigenvalue weighted by molar-refractivity contribution is 8.00. The fourth-order valence-corrected chi connectivity index (χ4v) is 3.37. The summed E-state index contributed by atoms with van der Waals surface area (Å²) < 4.78 is 0. The molecule has 0 bridgehead atoms. The SMILES string of the molecule is CC1CSC(C)C1CCCO. The van der Waals surface area contributed by atoms with Gasteiger partial charge in [0.05, 0.1) is 0 Å². The van der Waals surface area contributed by atoms with E-state index in [0.717, 1.165) is 23.5 Å². The Kier molecular flexibility index (Phi) is 3.73. The highest BCUT2D eigenvalue weighted by atomic mass is 32.2. The molecule has 11 heavy (non-hydrogen) atoms. The summed E-state index contributed by atoms with van der Waals surface area (Å²) in [6.45, 7) is 5.01. The van der Waals surface area contributed by atoms with Crippen LogP contribution in [0.3, 0.4) is 0 Å². The topological polar surface area (TPSA) is 20.2 Å². The summed E-state index contributed by atoms with van der Waals surface area (Å²) in [5.74, 6) is 3.03. The Bertz CT molecular complexity index is 106. The first-order valence-electron chi connectivity index (χ1n) is 4.48. The van der Waals surface area contributed by atoms with Crippen molar-refractivity contribution in [2.45, 2.75) is 31.9 Å². The fourth-order valence-electron chi connectivity index (χ4n) is 1.86. The predicted molar refractivity (Wildman–Crippen MR) is 50.9 cm³/mol. The van der Waals surface area contributed by atoms with Gasteiger partial charge in [-0.1, -0.05) is 13.8 Å². The van der Waals surface area contributed by atoms with Gasteiger partial charge in [-0.25, -0.2) is 0 Å². The first-order chi connectivity index (χ1) is 5.25. The van der Waals surface area contributed by atoms with Crippen LogP contribution in [0.2, 0.25) is 0 Å². The van der Waals surface area contributed by atoms with Crippen LogP contribution in [0, 0.1) is 11.8 Å². The molecular formula is C9H18OS. The average Bonchev–Trinajstić information content (AvgIpc) is 2.29. The molecule has 0 aromatic carbocycles. The molecule has 0 aromatic heterocycles. The maximum absolute atomic E-state index is 8.69. The van der Waals surface area contributed by atoms with E-state index in [4.69, 9.17) is 5.11 Å². The molecule has 1 nitrogen and oxygen atoms in total. The summed E-state index contributed by atoms with van der Waals surface area (Å²) in [7, 11) is 0. The van der Waals surface area contributed by atoms with Gasteiger partial charge in [-0.3, -0.25) is 0 Å². The molecule has 0 amide bonds. The first-order valence-corrected chi connectivity index (χ1v) is 5.53. The highest BCUT2D eigenvalue weighted by Crippen LogP contribution is 2.38. The minimum absolute atomic E-state index is 0.362. The summed E-state index contributed by atoms with van der Waals surface area (Å²) in [4.78, 5) is 0. The van der Waals surface area contributed by atoms with Crippen LogP contribution in [0.15, 0.2) is 0 Å². The van der Waals surface area contributed by atoms with Crippen molar-refractivity contribution in [2.75, 3.05) is 12.4 Å². The molecule has 3 unspecified atom stereocenters. The zero-order valence-corrected chi connectivity index (χ0v) is 8.23. The van der Waals surface area contributed by atoms with Crippen LogP contribution in [0.5, 0.6) is 0 Å². The molecule has 0 saturated carbocycles. The molecule has 2 heteroatoms. The van der Waals surface area contributed by atoms with E-state index >= 15 is 0 Å². The van der Waals surface area contributed by atoms with Gasteiger partial charge in [0.25, 0.3) is 0 Å². The Labute approximate surface area is 73.6 Å². The molecule has 1 aliphatic heterocycles. The summed E-state index contributed by atoms with van der Waals surface area (Å²) in [5, 5.41) is 9.51. The maximum Gasteiger partial charge on any atom is 0.0431 e. The molecule has 1 N–H and O–H groups in total. The van der Waals surface area contributed by atoms with E-state index in [1.165, 1.54) is 12.2 Å². The molecule has 1 saturated heterocycles. The monoisotopic (exact) mass is 174 g/mol. The van der Waals surface area contributed by atoms with Crippen LogP contribution in [0.4, 0.5) is 0 Å². The first kappa shape index (κ1) is 9.40.